The Morgan fingerprint density at radius 3 is 2.46 bits per heavy atom. The van der Waals surface area contributed by atoms with Gasteiger partial charge in [-0.2, -0.15) is 5.26 Å². The normalized spacial score (nSPS) is 11.0. The molecule has 0 fully saturated rings. The monoisotopic (exact) mass is 343 g/mol. The van der Waals surface area contributed by atoms with E-state index in [1.807, 2.05) is 61.5 Å². The van der Waals surface area contributed by atoms with E-state index in [9.17, 15) is 9.65 Å². The van der Waals surface area contributed by atoms with E-state index < -0.39 is 0 Å². The third-order valence-corrected chi connectivity index (χ3v) is 3.97. The van der Waals surface area contributed by atoms with E-state index in [0.29, 0.717) is 17.9 Å². The zero-order valence-corrected chi connectivity index (χ0v) is 14.4. The van der Waals surface area contributed by atoms with Gasteiger partial charge in [-0.25, -0.2) is 4.39 Å². The number of aryl methyl sites for hydroxylation is 1. The average Bonchev–Trinajstić information content (AvgIpc) is 2.67. The van der Waals surface area contributed by atoms with Crippen molar-refractivity contribution in [3.8, 4) is 11.8 Å². The third kappa shape index (κ3) is 4.58. The Balaban J connectivity index is 1.76. The lowest BCUT2D eigenvalue weighted by Crippen LogP contribution is -1.95. The Kier molecular flexibility index (Phi) is 5.46. The quantitative estimate of drug-likeness (QED) is 0.435. The average molecular weight is 343 g/mol. The van der Waals surface area contributed by atoms with Crippen LogP contribution in [0.3, 0.4) is 0 Å². The molecule has 0 aromatic heterocycles. The fraction of sp³-hybridized carbons (Fsp3) is 0.0870. The Labute approximate surface area is 152 Å². The standard InChI is InChI=1S/C23H18FNO/c1-17-5-9-20(10-6-17)21(15-25)13-19-3-2-4-23(14-19)26-16-18-7-11-22(24)12-8-18/h2-14H,16H2,1H3/b21-13-. The molecule has 0 aliphatic rings. The van der Waals surface area contributed by atoms with Crippen molar-refractivity contribution in [3.63, 3.8) is 0 Å². The molecule has 3 heteroatoms. The van der Waals surface area contributed by atoms with Gasteiger partial charge < -0.3 is 4.74 Å². The minimum Gasteiger partial charge on any atom is -0.489 e. The van der Waals surface area contributed by atoms with Gasteiger partial charge in [-0.1, -0.05) is 54.1 Å². The Morgan fingerprint density at radius 1 is 1.04 bits per heavy atom. The summed E-state index contributed by atoms with van der Waals surface area (Å²) in [4.78, 5) is 0. The van der Waals surface area contributed by atoms with Crippen LogP contribution in [0.5, 0.6) is 5.75 Å². The molecule has 0 saturated carbocycles. The summed E-state index contributed by atoms with van der Waals surface area (Å²) in [5, 5.41) is 9.47. The van der Waals surface area contributed by atoms with E-state index in [1.54, 1.807) is 12.1 Å². The largest absolute Gasteiger partial charge is 0.489 e. The van der Waals surface area contributed by atoms with Gasteiger partial charge >= 0.3 is 0 Å². The number of benzene rings is 3. The second-order valence-electron chi connectivity index (χ2n) is 6.02. The lowest BCUT2D eigenvalue weighted by Gasteiger charge is -2.07. The van der Waals surface area contributed by atoms with Crippen LogP contribution in [-0.4, -0.2) is 0 Å². The zero-order valence-electron chi connectivity index (χ0n) is 14.4. The highest BCUT2D eigenvalue weighted by Gasteiger charge is 2.03. The number of hydrogen-bond donors (Lipinski definition) is 0. The lowest BCUT2D eigenvalue weighted by molar-refractivity contribution is 0.306. The first-order chi connectivity index (χ1) is 12.6. The van der Waals surface area contributed by atoms with Crippen LogP contribution in [0, 0.1) is 24.1 Å². The van der Waals surface area contributed by atoms with Gasteiger partial charge in [0, 0.05) is 0 Å². The van der Waals surface area contributed by atoms with Crippen LogP contribution >= 0.6 is 0 Å². The molecule has 0 radical (unpaired) electrons. The molecule has 0 heterocycles. The minimum absolute atomic E-state index is 0.263. The summed E-state index contributed by atoms with van der Waals surface area (Å²) in [6.07, 6.45) is 1.84. The van der Waals surface area contributed by atoms with E-state index in [4.69, 9.17) is 4.74 Å². The molecule has 0 unspecified atom stereocenters. The van der Waals surface area contributed by atoms with Crippen LogP contribution in [0.4, 0.5) is 4.39 Å². The van der Waals surface area contributed by atoms with Gasteiger partial charge in [0.15, 0.2) is 0 Å². The maximum Gasteiger partial charge on any atom is 0.123 e. The first-order valence-corrected chi connectivity index (χ1v) is 8.30. The van der Waals surface area contributed by atoms with Crippen molar-refractivity contribution in [2.24, 2.45) is 0 Å². The van der Waals surface area contributed by atoms with Gasteiger partial charge in [-0.05, 0) is 54.0 Å². The number of allylic oxidation sites excluding steroid dienone is 1. The van der Waals surface area contributed by atoms with Gasteiger partial charge in [0.25, 0.3) is 0 Å². The molecular weight excluding hydrogens is 325 g/mol. The molecular formula is C23H18FNO. The molecule has 0 N–H and O–H groups in total. The molecule has 3 aromatic carbocycles. The molecule has 0 aliphatic carbocycles. The van der Waals surface area contributed by atoms with Crippen molar-refractivity contribution < 1.29 is 9.13 Å². The second kappa shape index (κ2) is 8.13. The summed E-state index contributed by atoms with van der Waals surface area (Å²) < 4.78 is 18.7. The highest BCUT2D eigenvalue weighted by Crippen LogP contribution is 2.21. The lowest BCUT2D eigenvalue weighted by atomic mass is 10.0. The van der Waals surface area contributed by atoms with E-state index >= 15 is 0 Å². The van der Waals surface area contributed by atoms with Crippen LogP contribution < -0.4 is 4.74 Å². The highest BCUT2D eigenvalue weighted by atomic mass is 19.1. The van der Waals surface area contributed by atoms with Crippen molar-refractivity contribution >= 4 is 11.6 Å². The predicted molar refractivity (Wildman–Crippen MR) is 102 cm³/mol. The topological polar surface area (TPSA) is 33.0 Å². The Bertz CT molecular complexity index is 951. The molecule has 2 nitrogen and oxygen atoms in total. The summed E-state index contributed by atoms with van der Waals surface area (Å²) in [7, 11) is 0. The molecule has 0 spiro atoms. The number of nitriles is 1. The number of halogens is 1. The molecule has 0 atom stereocenters. The van der Waals surface area contributed by atoms with Crippen LogP contribution in [0.2, 0.25) is 0 Å². The van der Waals surface area contributed by atoms with Crippen molar-refractivity contribution in [2.45, 2.75) is 13.5 Å². The van der Waals surface area contributed by atoms with Crippen molar-refractivity contribution in [3.05, 3.63) is 101 Å². The highest BCUT2D eigenvalue weighted by molar-refractivity contribution is 5.89. The fourth-order valence-corrected chi connectivity index (χ4v) is 2.52. The molecule has 3 rings (SSSR count). The molecule has 26 heavy (non-hydrogen) atoms. The maximum absolute atomic E-state index is 12.9. The fourth-order valence-electron chi connectivity index (χ4n) is 2.52. The molecule has 128 valence electrons. The number of rotatable bonds is 5. The SMILES string of the molecule is Cc1ccc(/C(C#N)=C\c2cccc(OCc3ccc(F)cc3)c2)cc1. The summed E-state index contributed by atoms with van der Waals surface area (Å²) in [6.45, 7) is 2.37. The number of ether oxygens (including phenoxy) is 1. The molecule has 0 aliphatic heterocycles. The van der Waals surface area contributed by atoms with Crippen LogP contribution in [-0.2, 0) is 6.61 Å². The summed E-state index contributed by atoms with van der Waals surface area (Å²) in [6, 6.07) is 23.9. The predicted octanol–water partition coefficient (Wildman–Crippen LogP) is 5.78. The summed E-state index contributed by atoms with van der Waals surface area (Å²) >= 11 is 0. The molecule has 0 amide bonds. The molecule has 0 bridgehead atoms. The van der Waals surface area contributed by atoms with E-state index in [2.05, 4.69) is 6.07 Å². The van der Waals surface area contributed by atoms with E-state index in [1.165, 1.54) is 12.1 Å². The van der Waals surface area contributed by atoms with Gasteiger partial charge in [0.1, 0.15) is 18.2 Å². The van der Waals surface area contributed by atoms with Crippen molar-refractivity contribution in [2.75, 3.05) is 0 Å². The first-order valence-electron chi connectivity index (χ1n) is 8.30. The molecule has 0 saturated heterocycles. The van der Waals surface area contributed by atoms with Gasteiger partial charge in [-0.15, -0.1) is 0 Å². The number of nitrogens with zero attached hydrogens (tertiary/aromatic N) is 1. The second-order valence-corrected chi connectivity index (χ2v) is 6.02. The van der Waals surface area contributed by atoms with Gasteiger partial charge in [0.05, 0.1) is 11.6 Å². The van der Waals surface area contributed by atoms with Crippen molar-refractivity contribution in [1.82, 2.24) is 0 Å². The van der Waals surface area contributed by atoms with Crippen LogP contribution in [0.15, 0.2) is 72.8 Å². The summed E-state index contributed by atoms with van der Waals surface area (Å²) in [5.74, 6) is 0.435. The van der Waals surface area contributed by atoms with Crippen molar-refractivity contribution in [1.29, 1.82) is 5.26 Å². The Hall–Kier alpha value is -3.38. The summed E-state index contributed by atoms with van der Waals surface area (Å²) in [5.41, 5.74) is 4.42. The van der Waals surface area contributed by atoms with Crippen LogP contribution in [0.25, 0.3) is 11.6 Å². The van der Waals surface area contributed by atoms with E-state index in [0.717, 1.165) is 22.3 Å². The van der Waals surface area contributed by atoms with Gasteiger partial charge in [0.2, 0.25) is 0 Å². The number of hydrogen-bond acceptors (Lipinski definition) is 2. The van der Waals surface area contributed by atoms with E-state index in [-0.39, 0.29) is 5.82 Å². The van der Waals surface area contributed by atoms with Gasteiger partial charge in [-0.3, -0.25) is 0 Å². The minimum atomic E-state index is -0.263. The maximum atomic E-state index is 12.9. The zero-order chi connectivity index (χ0) is 18.4. The molecule has 3 aromatic rings. The smallest absolute Gasteiger partial charge is 0.123 e. The van der Waals surface area contributed by atoms with Crippen LogP contribution in [0.1, 0.15) is 22.3 Å². The first kappa shape index (κ1) is 17.4. The third-order valence-electron chi connectivity index (χ3n) is 3.97. The Morgan fingerprint density at radius 2 is 1.77 bits per heavy atom.